The number of ether oxygens (including phenoxy) is 2. The highest BCUT2D eigenvalue weighted by atomic mass is 16.5. The van der Waals surface area contributed by atoms with E-state index < -0.39 is 12.1 Å². The van der Waals surface area contributed by atoms with Crippen LogP contribution in [0.3, 0.4) is 0 Å². The third kappa shape index (κ3) is 5.31. The molecule has 0 bridgehead atoms. The van der Waals surface area contributed by atoms with Crippen molar-refractivity contribution < 1.29 is 19.4 Å². The van der Waals surface area contributed by atoms with Gasteiger partial charge in [0.05, 0.1) is 13.2 Å². The molecule has 4 unspecified atom stereocenters. The normalized spacial score (nSPS) is 26.8. The van der Waals surface area contributed by atoms with Crippen molar-refractivity contribution >= 4 is 5.97 Å². The lowest BCUT2D eigenvalue weighted by Crippen LogP contribution is -2.25. The monoisotopic (exact) mass is 280 g/mol. The molecule has 0 radical (unpaired) electrons. The van der Waals surface area contributed by atoms with E-state index in [9.17, 15) is 9.90 Å². The molecule has 0 heterocycles. The van der Waals surface area contributed by atoms with Gasteiger partial charge in [-0.3, -0.25) is 0 Å². The summed E-state index contributed by atoms with van der Waals surface area (Å²) >= 11 is 0. The van der Waals surface area contributed by atoms with Gasteiger partial charge >= 0.3 is 5.97 Å². The molecule has 4 atom stereocenters. The van der Waals surface area contributed by atoms with E-state index >= 15 is 0 Å². The summed E-state index contributed by atoms with van der Waals surface area (Å²) < 4.78 is 10.3. The number of aliphatic hydroxyl groups excluding tert-OH is 1. The lowest BCUT2D eigenvalue weighted by atomic mass is 9.97. The fraction of sp³-hybridized carbons (Fsp3) is 0.562. The second-order valence-electron chi connectivity index (χ2n) is 5.15. The van der Waals surface area contributed by atoms with Crippen LogP contribution in [0.2, 0.25) is 0 Å². The number of rotatable bonds is 9. The van der Waals surface area contributed by atoms with Gasteiger partial charge in [0.25, 0.3) is 0 Å². The van der Waals surface area contributed by atoms with Crippen molar-refractivity contribution in [1.82, 2.24) is 0 Å². The number of carbonyl (C=O) groups excluding carboxylic acids is 1. The number of carbonyl (C=O) groups is 1. The maximum absolute atomic E-state index is 10.8. The Morgan fingerprint density at radius 2 is 2.00 bits per heavy atom. The van der Waals surface area contributed by atoms with Crippen LogP contribution < -0.4 is 0 Å². The summed E-state index contributed by atoms with van der Waals surface area (Å²) in [6, 6.07) is 0. The van der Waals surface area contributed by atoms with Crippen LogP contribution in [-0.2, 0) is 14.3 Å². The van der Waals surface area contributed by atoms with Crippen LogP contribution in [0.1, 0.15) is 12.8 Å². The highest BCUT2D eigenvalue weighted by Crippen LogP contribution is 2.37. The zero-order chi connectivity index (χ0) is 15.0. The zero-order valence-electron chi connectivity index (χ0n) is 11.9. The Morgan fingerprint density at radius 3 is 2.60 bits per heavy atom. The van der Waals surface area contributed by atoms with E-state index in [-0.39, 0.29) is 13.2 Å². The van der Waals surface area contributed by atoms with Gasteiger partial charge in [0.15, 0.2) is 0 Å². The summed E-state index contributed by atoms with van der Waals surface area (Å²) in [5, 5.41) is 9.62. The topological polar surface area (TPSA) is 55.8 Å². The van der Waals surface area contributed by atoms with E-state index in [1.165, 1.54) is 0 Å². The van der Waals surface area contributed by atoms with E-state index in [4.69, 9.17) is 9.47 Å². The van der Waals surface area contributed by atoms with Crippen LogP contribution in [-0.4, -0.2) is 37.0 Å². The minimum absolute atomic E-state index is 0.0737. The molecule has 4 heteroatoms. The highest BCUT2D eigenvalue weighted by Gasteiger charge is 2.30. The zero-order valence-corrected chi connectivity index (χ0v) is 11.9. The molecule has 1 aliphatic carbocycles. The summed E-state index contributed by atoms with van der Waals surface area (Å²) in [6.07, 6.45) is 6.33. The molecular weight excluding hydrogens is 256 g/mol. The molecule has 4 nitrogen and oxygen atoms in total. The largest absolute Gasteiger partial charge is 0.460 e. The van der Waals surface area contributed by atoms with Gasteiger partial charge in [-0.1, -0.05) is 18.7 Å². The highest BCUT2D eigenvalue weighted by molar-refractivity contribution is 5.81. The maximum atomic E-state index is 10.8. The third-order valence-corrected chi connectivity index (χ3v) is 3.65. The first-order valence-corrected chi connectivity index (χ1v) is 6.90. The summed E-state index contributed by atoms with van der Waals surface area (Å²) in [5.74, 6) is 0.831. The van der Waals surface area contributed by atoms with Crippen molar-refractivity contribution in [3.63, 3.8) is 0 Å². The maximum Gasteiger partial charge on any atom is 0.330 e. The average Bonchev–Trinajstić information content (AvgIpc) is 2.87. The smallest absolute Gasteiger partial charge is 0.330 e. The van der Waals surface area contributed by atoms with Crippen LogP contribution in [0.25, 0.3) is 0 Å². The van der Waals surface area contributed by atoms with E-state index in [1.54, 1.807) is 0 Å². The molecule has 1 N–H and O–H groups in total. The van der Waals surface area contributed by atoms with Gasteiger partial charge in [-0.2, -0.15) is 0 Å². The van der Waals surface area contributed by atoms with Gasteiger partial charge in [0, 0.05) is 6.08 Å². The fourth-order valence-electron chi connectivity index (χ4n) is 2.52. The Kier molecular flexibility index (Phi) is 7.26. The van der Waals surface area contributed by atoms with Gasteiger partial charge < -0.3 is 14.6 Å². The fourth-order valence-corrected chi connectivity index (χ4v) is 2.52. The number of esters is 1. The van der Waals surface area contributed by atoms with Gasteiger partial charge in [0.2, 0.25) is 0 Å². The Bertz CT molecular complexity index is 350. The lowest BCUT2D eigenvalue weighted by molar-refractivity contribution is -0.142. The van der Waals surface area contributed by atoms with Gasteiger partial charge in [-0.05, 0) is 30.6 Å². The van der Waals surface area contributed by atoms with Crippen molar-refractivity contribution in [2.24, 2.45) is 17.8 Å². The van der Waals surface area contributed by atoms with Gasteiger partial charge in [-0.15, -0.1) is 13.2 Å². The van der Waals surface area contributed by atoms with E-state index in [1.807, 2.05) is 12.2 Å². The predicted octanol–water partition coefficient (Wildman–Crippen LogP) is 2.11. The summed E-state index contributed by atoms with van der Waals surface area (Å²) in [4.78, 5) is 10.8. The van der Waals surface area contributed by atoms with Crippen LogP contribution in [0, 0.1) is 17.8 Å². The Balaban J connectivity index is 2.22. The van der Waals surface area contributed by atoms with Crippen molar-refractivity contribution in [2.45, 2.75) is 18.9 Å². The molecule has 0 aromatic heterocycles. The molecule has 1 rings (SSSR count). The molecular formula is C16H24O4. The van der Waals surface area contributed by atoms with Crippen LogP contribution in [0.15, 0.2) is 38.0 Å². The summed E-state index contributed by atoms with van der Waals surface area (Å²) in [6.45, 7) is 11.6. The lowest BCUT2D eigenvalue weighted by Gasteiger charge is -2.17. The number of aliphatic hydroxyl groups is 1. The van der Waals surface area contributed by atoms with E-state index in [2.05, 4.69) is 19.7 Å². The molecule has 0 saturated heterocycles. The summed E-state index contributed by atoms with van der Waals surface area (Å²) in [7, 11) is 0. The minimum Gasteiger partial charge on any atom is -0.460 e. The first-order valence-electron chi connectivity index (χ1n) is 6.90. The van der Waals surface area contributed by atoms with Crippen molar-refractivity contribution in [1.29, 1.82) is 0 Å². The summed E-state index contributed by atoms with van der Waals surface area (Å²) in [5.41, 5.74) is 0. The van der Waals surface area contributed by atoms with Gasteiger partial charge in [-0.25, -0.2) is 4.79 Å². The number of hydrogen-bond donors (Lipinski definition) is 1. The van der Waals surface area contributed by atoms with Crippen LogP contribution >= 0.6 is 0 Å². The first kappa shape index (κ1) is 16.7. The van der Waals surface area contributed by atoms with Crippen LogP contribution in [0.5, 0.6) is 0 Å². The molecule has 0 aromatic carbocycles. The molecule has 112 valence electrons. The molecule has 1 aliphatic rings. The second kappa shape index (κ2) is 8.72. The minimum atomic E-state index is -0.808. The molecule has 1 saturated carbocycles. The molecule has 20 heavy (non-hydrogen) atoms. The Labute approximate surface area is 120 Å². The molecule has 0 aromatic rings. The Hall–Kier alpha value is -1.39. The van der Waals surface area contributed by atoms with E-state index in [0.29, 0.717) is 24.4 Å². The second-order valence-corrected chi connectivity index (χ2v) is 5.15. The van der Waals surface area contributed by atoms with Crippen LogP contribution in [0.4, 0.5) is 0 Å². The number of allylic oxidation sites excluding steroid dienone is 2. The molecule has 0 amide bonds. The average molecular weight is 280 g/mol. The quantitative estimate of drug-likeness (QED) is 0.399. The molecule has 0 spiro atoms. The standard InChI is InChI=1S/C16H24O4/c1-4-12-7-13(5-2)14(8-12)9-19-10-15(17)11-20-16(18)6-3/h4-6,12-15,17H,1-3,7-11H2. The third-order valence-electron chi connectivity index (χ3n) is 3.65. The van der Waals surface area contributed by atoms with Gasteiger partial charge in [0.1, 0.15) is 12.7 Å². The van der Waals surface area contributed by atoms with Crippen molar-refractivity contribution in [3.8, 4) is 0 Å². The van der Waals surface area contributed by atoms with E-state index in [0.717, 1.165) is 18.9 Å². The van der Waals surface area contributed by atoms with Crippen molar-refractivity contribution in [3.05, 3.63) is 38.0 Å². The first-order chi connectivity index (χ1) is 9.60. The Morgan fingerprint density at radius 1 is 1.25 bits per heavy atom. The van der Waals surface area contributed by atoms with Crippen molar-refractivity contribution in [2.75, 3.05) is 19.8 Å². The molecule has 1 fully saturated rings. The predicted molar refractivity (Wildman–Crippen MR) is 78.1 cm³/mol. The SMILES string of the molecule is C=CC(=O)OCC(O)COCC1CC(C=C)CC1C=C. The molecule has 0 aliphatic heterocycles. The number of hydrogen-bond acceptors (Lipinski definition) is 4.